The van der Waals surface area contributed by atoms with Crippen molar-refractivity contribution in [3.8, 4) is 0 Å². The Morgan fingerprint density at radius 2 is 2.14 bits per heavy atom. The van der Waals surface area contributed by atoms with Gasteiger partial charge in [0.05, 0.1) is 5.69 Å². The van der Waals surface area contributed by atoms with Gasteiger partial charge in [-0.15, -0.1) is 4.91 Å². The summed E-state index contributed by atoms with van der Waals surface area (Å²) < 4.78 is 6.06. The van der Waals surface area contributed by atoms with Crippen LogP contribution in [-0.2, 0) is 11.5 Å². The van der Waals surface area contributed by atoms with Gasteiger partial charge in [-0.25, -0.2) is 4.98 Å². The lowest BCUT2D eigenvalue weighted by Crippen LogP contribution is -2.25. The molecule has 0 amide bonds. The Hall–Kier alpha value is -1.56. The molecule has 0 aliphatic heterocycles. The number of nitrogens with zero attached hydrogens (tertiary/aromatic N) is 3. The van der Waals surface area contributed by atoms with E-state index in [0.29, 0.717) is 11.5 Å². The van der Waals surface area contributed by atoms with Gasteiger partial charge in [-0.3, -0.25) is 9.36 Å². The molecule has 14 heavy (non-hydrogen) atoms. The van der Waals surface area contributed by atoms with Gasteiger partial charge in [0.15, 0.2) is 5.69 Å². The average Bonchev–Trinajstić information content (AvgIpc) is 2.12. The van der Waals surface area contributed by atoms with Crippen LogP contribution >= 0.6 is 0 Å². The van der Waals surface area contributed by atoms with Crippen molar-refractivity contribution in [3.05, 3.63) is 26.8 Å². The van der Waals surface area contributed by atoms with Crippen LogP contribution in [0.1, 0.15) is 11.5 Å². The van der Waals surface area contributed by atoms with Crippen LogP contribution in [0, 0.1) is 18.8 Å². The number of aryl methyl sites for hydroxylation is 2. The molecule has 0 bridgehead atoms. The summed E-state index contributed by atoms with van der Waals surface area (Å²) in [7, 11) is 1.46. The van der Waals surface area contributed by atoms with Crippen LogP contribution in [0.15, 0.2) is 9.97 Å². The first kappa shape index (κ1) is 10.5. The van der Waals surface area contributed by atoms with Crippen LogP contribution in [0.2, 0.25) is 0 Å². The molecule has 0 N–H and O–H groups in total. The van der Waals surface area contributed by atoms with Crippen molar-refractivity contribution >= 4 is 5.69 Å². The fourth-order valence-electron chi connectivity index (χ4n) is 1.17. The van der Waals surface area contributed by atoms with E-state index in [9.17, 15) is 9.70 Å². The lowest BCUT2D eigenvalue weighted by molar-refractivity contribution is 0.125. The van der Waals surface area contributed by atoms with Crippen molar-refractivity contribution in [2.75, 3.05) is 7.11 Å². The van der Waals surface area contributed by atoms with Crippen molar-refractivity contribution in [3.63, 3.8) is 0 Å². The Bertz CT molecular complexity index is 411. The fourth-order valence-corrected chi connectivity index (χ4v) is 1.17. The molecular formula is C8H11N3O3. The molecule has 0 fully saturated rings. The van der Waals surface area contributed by atoms with Crippen molar-refractivity contribution in [1.82, 2.24) is 9.55 Å². The van der Waals surface area contributed by atoms with Crippen LogP contribution in [0.3, 0.4) is 0 Å². The van der Waals surface area contributed by atoms with E-state index in [0.717, 1.165) is 0 Å². The smallest absolute Gasteiger partial charge is 0.285 e. The molecule has 0 atom stereocenters. The second-order valence-electron chi connectivity index (χ2n) is 2.84. The van der Waals surface area contributed by atoms with E-state index in [1.807, 2.05) is 0 Å². The number of rotatable bonds is 3. The topological polar surface area (TPSA) is 73.5 Å². The van der Waals surface area contributed by atoms with Crippen LogP contribution < -0.4 is 5.56 Å². The van der Waals surface area contributed by atoms with Gasteiger partial charge < -0.3 is 4.74 Å². The van der Waals surface area contributed by atoms with E-state index < -0.39 is 5.56 Å². The Kier molecular flexibility index (Phi) is 3.08. The highest BCUT2D eigenvalue weighted by Crippen LogP contribution is 2.09. The lowest BCUT2D eigenvalue weighted by Gasteiger charge is -2.08. The maximum atomic E-state index is 11.6. The lowest BCUT2D eigenvalue weighted by atomic mass is 10.3. The molecule has 0 saturated carbocycles. The van der Waals surface area contributed by atoms with Gasteiger partial charge in [-0.2, -0.15) is 0 Å². The summed E-state index contributed by atoms with van der Waals surface area (Å²) in [6.07, 6.45) is 0. The third-order valence-electron chi connectivity index (χ3n) is 1.86. The molecule has 6 heteroatoms. The predicted molar refractivity (Wildman–Crippen MR) is 50.4 cm³/mol. The van der Waals surface area contributed by atoms with Crippen molar-refractivity contribution in [1.29, 1.82) is 0 Å². The number of hydrogen-bond acceptors (Lipinski definition) is 5. The van der Waals surface area contributed by atoms with Gasteiger partial charge in [0, 0.05) is 7.11 Å². The van der Waals surface area contributed by atoms with Gasteiger partial charge in [0.25, 0.3) is 5.56 Å². The molecule has 0 aliphatic carbocycles. The zero-order valence-corrected chi connectivity index (χ0v) is 8.27. The molecule has 76 valence electrons. The number of methoxy groups -OCH3 is 1. The number of nitroso groups, excluding NO2 is 1. The van der Waals surface area contributed by atoms with Crippen LogP contribution in [0.4, 0.5) is 5.69 Å². The summed E-state index contributed by atoms with van der Waals surface area (Å²) in [4.78, 5) is 26.0. The summed E-state index contributed by atoms with van der Waals surface area (Å²) >= 11 is 0. The SMILES string of the molecule is COCn1c(C)nc(C)c(N=O)c1=O. The number of aromatic nitrogens is 2. The van der Waals surface area contributed by atoms with Crippen molar-refractivity contribution in [2.45, 2.75) is 20.6 Å². The maximum absolute atomic E-state index is 11.6. The van der Waals surface area contributed by atoms with Crippen LogP contribution in [0.25, 0.3) is 0 Å². The second kappa shape index (κ2) is 4.10. The average molecular weight is 197 g/mol. The molecule has 0 aromatic carbocycles. The van der Waals surface area contributed by atoms with E-state index in [1.165, 1.54) is 11.7 Å². The predicted octanol–water partition coefficient (Wildman–Crippen LogP) is 0.862. The van der Waals surface area contributed by atoms with Gasteiger partial charge in [0.1, 0.15) is 12.6 Å². The van der Waals surface area contributed by atoms with E-state index in [-0.39, 0.29) is 12.4 Å². The van der Waals surface area contributed by atoms with Crippen LogP contribution in [-0.4, -0.2) is 16.7 Å². The number of hydrogen-bond donors (Lipinski definition) is 0. The quantitative estimate of drug-likeness (QED) is 0.673. The fraction of sp³-hybridized carbons (Fsp3) is 0.500. The Morgan fingerprint density at radius 1 is 1.50 bits per heavy atom. The van der Waals surface area contributed by atoms with E-state index in [4.69, 9.17) is 4.74 Å². The summed E-state index contributed by atoms with van der Waals surface area (Å²) in [6.45, 7) is 3.31. The number of ether oxygens (including phenoxy) is 1. The molecule has 1 rings (SSSR count). The van der Waals surface area contributed by atoms with Crippen molar-refractivity contribution in [2.24, 2.45) is 5.18 Å². The zero-order chi connectivity index (χ0) is 10.7. The standard InChI is InChI=1S/C8H11N3O3/c1-5-7(10-13)8(12)11(4-14-3)6(2)9-5/h4H2,1-3H3. The third kappa shape index (κ3) is 1.69. The first-order valence-corrected chi connectivity index (χ1v) is 4.02. The Morgan fingerprint density at radius 3 is 2.64 bits per heavy atom. The highest BCUT2D eigenvalue weighted by molar-refractivity contribution is 5.38. The van der Waals surface area contributed by atoms with Gasteiger partial charge in [-0.05, 0) is 19.0 Å². The van der Waals surface area contributed by atoms with Crippen LogP contribution in [0.5, 0.6) is 0 Å². The monoisotopic (exact) mass is 197 g/mol. The van der Waals surface area contributed by atoms with Gasteiger partial charge in [-0.1, -0.05) is 0 Å². The minimum Gasteiger partial charge on any atom is -0.364 e. The normalized spacial score (nSPS) is 10.2. The van der Waals surface area contributed by atoms with E-state index in [2.05, 4.69) is 10.2 Å². The Balaban J connectivity index is 3.44. The molecule has 1 aromatic heterocycles. The first-order valence-electron chi connectivity index (χ1n) is 4.02. The van der Waals surface area contributed by atoms with E-state index in [1.54, 1.807) is 13.8 Å². The summed E-state index contributed by atoms with van der Waals surface area (Å²) in [5.41, 5.74) is -0.283. The van der Waals surface area contributed by atoms with Gasteiger partial charge in [0.2, 0.25) is 0 Å². The molecule has 0 unspecified atom stereocenters. The molecule has 0 saturated heterocycles. The molecular weight excluding hydrogens is 186 g/mol. The minimum atomic E-state index is -0.466. The minimum absolute atomic E-state index is 0.0699. The summed E-state index contributed by atoms with van der Waals surface area (Å²) in [6, 6.07) is 0. The first-order chi connectivity index (χ1) is 6.61. The molecule has 0 spiro atoms. The third-order valence-corrected chi connectivity index (χ3v) is 1.86. The maximum Gasteiger partial charge on any atom is 0.285 e. The highest BCUT2D eigenvalue weighted by atomic mass is 16.5. The van der Waals surface area contributed by atoms with Gasteiger partial charge >= 0.3 is 0 Å². The highest BCUT2D eigenvalue weighted by Gasteiger charge is 2.11. The summed E-state index contributed by atoms with van der Waals surface area (Å²) in [5, 5.41) is 2.65. The zero-order valence-electron chi connectivity index (χ0n) is 8.27. The molecule has 0 radical (unpaired) electrons. The summed E-state index contributed by atoms with van der Waals surface area (Å²) in [5.74, 6) is 0.502. The molecule has 1 heterocycles. The molecule has 0 aliphatic rings. The second-order valence-corrected chi connectivity index (χ2v) is 2.84. The Labute approximate surface area is 80.5 Å². The largest absolute Gasteiger partial charge is 0.364 e. The molecule has 1 aromatic rings. The van der Waals surface area contributed by atoms with E-state index >= 15 is 0 Å². The molecule has 6 nitrogen and oxygen atoms in total. The van der Waals surface area contributed by atoms with Crippen molar-refractivity contribution < 1.29 is 4.74 Å².